The normalized spacial score (nSPS) is 15.3. The Kier molecular flexibility index (Phi) is 14.9. The molecular formula is C37H43F6N7O2. The number of nitrogens with one attached hydrogen (secondary N) is 1. The van der Waals surface area contributed by atoms with Crippen LogP contribution in [-0.2, 0) is 11.0 Å². The van der Waals surface area contributed by atoms with E-state index in [1.807, 2.05) is 19.9 Å². The van der Waals surface area contributed by atoms with Gasteiger partial charge in [0.2, 0.25) is 6.41 Å². The number of allylic oxidation sites excluding steroid dienone is 9. The molecule has 1 aromatic heterocycles. The van der Waals surface area contributed by atoms with Crippen molar-refractivity contribution in [2.45, 2.75) is 64.8 Å². The molecule has 2 aliphatic carbocycles. The van der Waals surface area contributed by atoms with Crippen LogP contribution in [0.15, 0.2) is 88.0 Å². The van der Waals surface area contributed by atoms with E-state index in [0.29, 0.717) is 46.8 Å². The van der Waals surface area contributed by atoms with Crippen LogP contribution in [0.3, 0.4) is 0 Å². The average molecular weight is 732 g/mol. The lowest BCUT2D eigenvalue weighted by molar-refractivity contribution is -0.137. The highest BCUT2D eigenvalue weighted by molar-refractivity contribution is 6.08. The SMILES string of the molecule is C/C=C/c1nc(N(C=O)CCC)c(C(=O)N(C)C2CC2)[nH]1.C/C=N\CN(C)/N=C(\C=C\C1=CC=C(C(F)(F)F)CC=C1)c1ccc(C(F)(F)F)cc1. The van der Waals surface area contributed by atoms with Crippen molar-refractivity contribution in [2.24, 2.45) is 10.1 Å². The zero-order valence-corrected chi connectivity index (χ0v) is 29.7. The van der Waals surface area contributed by atoms with Crippen LogP contribution in [-0.4, -0.2) is 83.6 Å². The summed E-state index contributed by atoms with van der Waals surface area (Å²) in [6.07, 6.45) is 8.10. The Morgan fingerprint density at radius 2 is 1.71 bits per heavy atom. The van der Waals surface area contributed by atoms with E-state index in [4.69, 9.17) is 0 Å². The summed E-state index contributed by atoms with van der Waals surface area (Å²) >= 11 is 0. The molecule has 0 radical (unpaired) electrons. The molecule has 2 aromatic rings. The number of nitrogens with zero attached hydrogens (tertiary/aromatic N) is 6. The van der Waals surface area contributed by atoms with Crippen LogP contribution in [0.25, 0.3) is 6.08 Å². The second-order valence-corrected chi connectivity index (χ2v) is 11.9. The molecule has 1 fully saturated rings. The quantitative estimate of drug-likeness (QED) is 0.0970. The van der Waals surface area contributed by atoms with E-state index in [2.05, 4.69) is 20.1 Å². The lowest BCUT2D eigenvalue weighted by Gasteiger charge is -2.19. The molecule has 4 rings (SSSR count). The van der Waals surface area contributed by atoms with Crippen molar-refractivity contribution in [3.05, 3.63) is 101 Å². The van der Waals surface area contributed by atoms with Gasteiger partial charge in [0, 0.05) is 37.8 Å². The minimum Gasteiger partial charge on any atom is -0.337 e. The van der Waals surface area contributed by atoms with E-state index < -0.39 is 23.5 Å². The number of H-pyrrole nitrogens is 1. The maximum Gasteiger partial charge on any atom is 0.416 e. The smallest absolute Gasteiger partial charge is 0.337 e. The first-order valence-corrected chi connectivity index (χ1v) is 16.6. The number of amides is 2. The number of carbonyl (C=O) groups is 2. The highest BCUT2D eigenvalue weighted by Crippen LogP contribution is 2.31. The number of benzene rings is 1. The topological polar surface area (TPSA) is 97.3 Å². The first-order chi connectivity index (χ1) is 24.6. The number of aliphatic imine (C=N–C) groups is 1. The van der Waals surface area contributed by atoms with Crippen molar-refractivity contribution in [3.63, 3.8) is 0 Å². The van der Waals surface area contributed by atoms with Gasteiger partial charge in [0.25, 0.3) is 5.91 Å². The number of halogens is 6. The van der Waals surface area contributed by atoms with Crippen molar-refractivity contribution >= 4 is 36.1 Å². The third kappa shape index (κ3) is 12.2. The molecule has 2 aliphatic rings. The van der Waals surface area contributed by atoms with Gasteiger partial charge < -0.3 is 9.88 Å². The Labute approximate surface area is 299 Å². The second kappa shape index (κ2) is 18.9. The molecule has 2 amide bonds. The molecule has 0 bridgehead atoms. The summed E-state index contributed by atoms with van der Waals surface area (Å²) in [6, 6.07) is 4.80. The van der Waals surface area contributed by atoms with E-state index >= 15 is 0 Å². The molecule has 0 aliphatic heterocycles. The highest BCUT2D eigenvalue weighted by Gasteiger charge is 2.34. The van der Waals surface area contributed by atoms with Crippen molar-refractivity contribution in [1.82, 2.24) is 19.9 Å². The molecule has 280 valence electrons. The standard InChI is InChI=1S/C22H21F6N3.C15H22N4O2/c1-3-29-15-31(2)30-20(17-9-12-19(13-10-17)22(26,27)28)14-8-16-5-4-6-18(11-7-16)21(23,24)25;1-4-6-12-16-13(15(21)18(3)11-7-8-11)14(17-12)19(10-20)9-5-2/h3-5,7-14H,6,15H2,1-2H3;4,6,10-11H,5,7-9H2,1-3H3,(H,16,17)/b14-8+,29-3-,30-20+;6-4+. The minimum absolute atomic E-state index is 0.112. The highest BCUT2D eigenvalue weighted by atomic mass is 19.4. The maximum absolute atomic E-state index is 12.9. The van der Waals surface area contributed by atoms with Crippen LogP contribution in [0.2, 0.25) is 0 Å². The van der Waals surface area contributed by atoms with Crippen LogP contribution < -0.4 is 4.90 Å². The molecule has 9 nitrogen and oxygen atoms in total. The van der Waals surface area contributed by atoms with Gasteiger partial charge in [-0.05, 0) is 75.6 Å². The Balaban J connectivity index is 0.000000302. The second-order valence-electron chi connectivity index (χ2n) is 11.9. The van der Waals surface area contributed by atoms with Gasteiger partial charge in [-0.1, -0.05) is 55.5 Å². The summed E-state index contributed by atoms with van der Waals surface area (Å²) in [7, 11) is 3.44. The third-order valence-corrected chi connectivity index (χ3v) is 7.70. The predicted octanol–water partition coefficient (Wildman–Crippen LogP) is 8.37. The molecule has 0 spiro atoms. The largest absolute Gasteiger partial charge is 0.416 e. The molecule has 52 heavy (non-hydrogen) atoms. The maximum atomic E-state index is 12.9. The lowest BCUT2D eigenvalue weighted by Crippen LogP contribution is -2.31. The number of carbonyl (C=O) groups excluding carboxylic acids is 2. The summed E-state index contributed by atoms with van der Waals surface area (Å²) in [5, 5.41) is 5.86. The summed E-state index contributed by atoms with van der Waals surface area (Å²) in [6.45, 7) is 6.37. The molecule has 1 aromatic carbocycles. The third-order valence-electron chi connectivity index (χ3n) is 7.70. The van der Waals surface area contributed by atoms with Crippen molar-refractivity contribution in [1.29, 1.82) is 0 Å². The lowest BCUT2D eigenvalue weighted by atomic mass is 10.1. The monoisotopic (exact) mass is 731 g/mol. The summed E-state index contributed by atoms with van der Waals surface area (Å²) < 4.78 is 77.2. The Morgan fingerprint density at radius 1 is 1.02 bits per heavy atom. The zero-order valence-electron chi connectivity index (χ0n) is 29.7. The molecule has 1 saturated carbocycles. The molecular weight excluding hydrogens is 688 g/mol. The van der Waals surface area contributed by atoms with E-state index in [-0.39, 0.29) is 19.0 Å². The zero-order chi connectivity index (χ0) is 38.5. The van der Waals surface area contributed by atoms with E-state index in [1.165, 1.54) is 40.3 Å². The number of aromatic amines is 1. The number of imidazole rings is 1. The molecule has 0 unspecified atom stereocenters. The number of hydrazone groups is 1. The van der Waals surface area contributed by atoms with Gasteiger partial charge in [0.15, 0.2) is 5.82 Å². The number of hydrogen-bond acceptors (Lipinski definition) is 6. The fourth-order valence-electron chi connectivity index (χ4n) is 4.80. The minimum atomic E-state index is -4.46. The summed E-state index contributed by atoms with van der Waals surface area (Å²) in [5.74, 6) is 0.888. The van der Waals surface area contributed by atoms with Crippen LogP contribution in [0.5, 0.6) is 0 Å². The number of aromatic nitrogens is 2. The summed E-state index contributed by atoms with van der Waals surface area (Å²) in [5.41, 5.74) is 0.178. The van der Waals surface area contributed by atoms with Crippen LogP contribution in [0, 0.1) is 0 Å². The van der Waals surface area contributed by atoms with Gasteiger partial charge in [0.05, 0.1) is 11.3 Å². The van der Waals surface area contributed by atoms with E-state index in [0.717, 1.165) is 43.9 Å². The molecule has 15 heteroatoms. The molecule has 0 saturated heterocycles. The first kappa shape index (κ1) is 41.2. The fraction of sp³-hybridized carbons (Fsp3) is 0.378. The van der Waals surface area contributed by atoms with Gasteiger partial charge in [-0.2, -0.15) is 31.4 Å². The number of rotatable bonds is 13. The van der Waals surface area contributed by atoms with Gasteiger partial charge >= 0.3 is 12.4 Å². The van der Waals surface area contributed by atoms with Crippen LogP contribution in [0.4, 0.5) is 32.2 Å². The van der Waals surface area contributed by atoms with Crippen LogP contribution >= 0.6 is 0 Å². The van der Waals surface area contributed by atoms with E-state index in [9.17, 15) is 35.9 Å². The Hall–Kier alpha value is -5.21. The van der Waals surface area contributed by atoms with Gasteiger partial charge in [-0.3, -0.25) is 24.5 Å². The molecule has 1 heterocycles. The Bertz CT molecular complexity index is 1730. The van der Waals surface area contributed by atoms with Gasteiger partial charge in [-0.15, -0.1) is 0 Å². The van der Waals surface area contributed by atoms with Crippen molar-refractivity contribution in [3.8, 4) is 0 Å². The average Bonchev–Trinajstić information content (AvgIpc) is 3.91. The first-order valence-electron chi connectivity index (χ1n) is 16.6. The van der Waals surface area contributed by atoms with Crippen LogP contribution in [0.1, 0.15) is 73.9 Å². The van der Waals surface area contributed by atoms with Crippen molar-refractivity contribution < 1.29 is 35.9 Å². The molecule has 0 atom stereocenters. The van der Waals surface area contributed by atoms with Crippen molar-refractivity contribution in [2.75, 3.05) is 32.2 Å². The predicted molar refractivity (Wildman–Crippen MR) is 192 cm³/mol. The van der Waals surface area contributed by atoms with Gasteiger partial charge in [-0.25, -0.2) is 4.98 Å². The number of hydrogen-bond donors (Lipinski definition) is 1. The van der Waals surface area contributed by atoms with Gasteiger partial charge in [0.1, 0.15) is 18.2 Å². The molecule has 1 N–H and O–H groups in total. The summed E-state index contributed by atoms with van der Waals surface area (Å²) in [4.78, 5) is 38.5. The number of alkyl halides is 6. The Morgan fingerprint density at radius 3 is 2.27 bits per heavy atom. The fourth-order valence-corrected chi connectivity index (χ4v) is 4.80. The van der Waals surface area contributed by atoms with E-state index in [1.54, 1.807) is 50.4 Å². The number of anilines is 1.